The van der Waals surface area contributed by atoms with Crippen LogP contribution in [0.25, 0.3) is 0 Å². The Bertz CT molecular complexity index is 1750. The number of aliphatic hydroxyl groups is 1. The number of aromatic amines is 1. The average Bonchev–Trinajstić information content (AvgIpc) is 3.38. The van der Waals surface area contributed by atoms with E-state index in [9.17, 15) is 38.3 Å². The minimum absolute atomic E-state index is 0.0386. The number of ketones is 2. The van der Waals surface area contributed by atoms with Crippen LogP contribution in [-0.4, -0.2) is 80.1 Å². The number of nitrogens with zero attached hydrogens (tertiary/aromatic N) is 1. The molecule has 248 valence electrons. The fraction of sp³-hybridized carbons (Fsp3) is 0.613. The number of allylic oxidation sites excluding steroid dienone is 4. The van der Waals surface area contributed by atoms with Crippen LogP contribution >= 0.6 is 0 Å². The lowest BCUT2D eigenvalue weighted by Crippen LogP contribution is -2.71. The Morgan fingerprint density at radius 2 is 1.83 bits per heavy atom. The number of carbonyl (C=O) groups excluding carboxylic acids is 4. The zero-order chi connectivity index (χ0) is 33.8. The Morgan fingerprint density at radius 1 is 1.13 bits per heavy atom. The molecule has 0 amide bonds. The van der Waals surface area contributed by atoms with Crippen LogP contribution in [0.5, 0.6) is 0 Å². The van der Waals surface area contributed by atoms with Crippen LogP contribution < -0.4 is 11.2 Å². The van der Waals surface area contributed by atoms with Crippen molar-refractivity contribution in [3.8, 4) is 0 Å². The number of hydrogen-bond donors (Lipinski definition) is 2. The van der Waals surface area contributed by atoms with E-state index in [4.69, 9.17) is 14.2 Å². The van der Waals surface area contributed by atoms with Crippen molar-refractivity contribution in [3.05, 3.63) is 56.7 Å². The molecule has 2 heterocycles. The van der Waals surface area contributed by atoms with Crippen LogP contribution in [0, 0.1) is 28.5 Å². The SMILES string of the molecule is CC1(C)OC2CC3C4C[C@H](F)C5=CC(=O)C=C[C@]5(C)[C@@]4(F)[C@@H](O)C[C@]3(C)C2(C(=O)COC(=O)CC(=O)n2c(=O)[nH]cc(F)c2=O)O1. The molecule has 4 unspecified atom stereocenters. The van der Waals surface area contributed by atoms with Crippen LogP contribution in [0.2, 0.25) is 0 Å². The van der Waals surface area contributed by atoms with Gasteiger partial charge in [0.25, 0.3) is 5.56 Å². The number of rotatable bonds is 5. The van der Waals surface area contributed by atoms with Crippen molar-refractivity contribution in [2.75, 3.05) is 6.61 Å². The molecule has 15 heteroatoms. The summed E-state index contributed by atoms with van der Waals surface area (Å²) in [6.07, 6.45) is -2.32. The van der Waals surface area contributed by atoms with E-state index in [1.165, 1.54) is 13.0 Å². The molecule has 1 saturated heterocycles. The van der Waals surface area contributed by atoms with Crippen molar-refractivity contribution in [1.82, 2.24) is 9.55 Å². The number of halogens is 3. The number of ether oxygens (including phenoxy) is 3. The maximum atomic E-state index is 17.5. The largest absolute Gasteiger partial charge is 0.457 e. The van der Waals surface area contributed by atoms with Gasteiger partial charge in [0.05, 0.1) is 12.2 Å². The van der Waals surface area contributed by atoms with Gasteiger partial charge in [-0.05, 0) is 63.7 Å². The Kier molecular flexibility index (Phi) is 7.12. The van der Waals surface area contributed by atoms with Gasteiger partial charge in [-0.2, -0.15) is 8.96 Å². The minimum Gasteiger partial charge on any atom is -0.457 e. The van der Waals surface area contributed by atoms with Gasteiger partial charge in [0, 0.05) is 22.9 Å². The van der Waals surface area contributed by atoms with Crippen molar-refractivity contribution in [1.29, 1.82) is 0 Å². The lowest BCUT2D eigenvalue weighted by molar-refractivity contribution is -0.249. The van der Waals surface area contributed by atoms with Gasteiger partial charge in [0.1, 0.15) is 12.6 Å². The summed E-state index contributed by atoms with van der Waals surface area (Å²) in [6, 6.07) is 0. The molecule has 1 aromatic heterocycles. The molecule has 0 aromatic carbocycles. The standard InChI is InChI=1S/C31H33F3N2O10/c1-27(2)45-22-9-15-16-8-18(32)17-7-14(37)5-6-28(17,3)30(16,34)20(38)11-29(15,4)31(22,46-27)21(39)13-44-24(41)10-23(40)36-25(42)19(33)12-35-26(36)43/h5-7,12,15-16,18,20,22,38H,8-11,13H2,1-4H3,(H,35,43)/t15?,16?,18-,20-,22?,28-,29-,30-,31?/m0/s1. The second-order valence-corrected chi connectivity index (χ2v) is 13.7. The van der Waals surface area contributed by atoms with Crippen molar-refractivity contribution in [2.24, 2.45) is 22.7 Å². The van der Waals surface area contributed by atoms with Gasteiger partial charge in [-0.15, -0.1) is 0 Å². The number of nitrogens with one attached hydrogen (secondary N) is 1. The number of Topliss-reactive ketones (excluding diaryl/α,β-unsaturated/α-hetero) is 1. The number of fused-ring (bicyclic) bond motifs is 7. The van der Waals surface area contributed by atoms with Crippen molar-refractivity contribution in [3.63, 3.8) is 0 Å². The molecule has 12 nitrogen and oxygen atoms in total. The van der Waals surface area contributed by atoms with Gasteiger partial charge >= 0.3 is 11.7 Å². The molecule has 9 atom stereocenters. The van der Waals surface area contributed by atoms with Crippen LogP contribution in [0.15, 0.2) is 39.6 Å². The highest BCUT2D eigenvalue weighted by molar-refractivity contribution is 6.01. The number of aromatic nitrogens is 2. The molecule has 5 aliphatic rings. The van der Waals surface area contributed by atoms with Gasteiger partial charge in [-0.1, -0.05) is 13.0 Å². The lowest BCUT2D eigenvalue weighted by Gasteiger charge is -2.63. The van der Waals surface area contributed by atoms with E-state index in [0.29, 0.717) is 6.20 Å². The fourth-order valence-electron chi connectivity index (χ4n) is 8.99. The summed E-state index contributed by atoms with van der Waals surface area (Å²) >= 11 is 0. The zero-order valence-corrected chi connectivity index (χ0v) is 25.4. The minimum atomic E-state index is -2.42. The first kappa shape index (κ1) is 32.3. The molecule has 1 aliphatic heterocycles. The van der Waals surface area contributed by atoms with E-state index < -0.39 is 112 Å². The first-order valence-corrected chi connectivity index (χ1v) is 14.9. The molecule has 3 saturated carbocycles. The van der Waals surface area contributed by atoms with E-state index in [1.807, 2.05) is 4.98 Å². The fourth-order valence-corrected chi connectivity index (χ4v) is 8.99. The monoisotopic (exact) mass is 650 g/mol. The van der Waals surface area contributed by atoms with E-state index in [1.54, 1.807) is 20.8 Å². The third kappa shape index (κ3) is 4.16. The quantitative estimate of drug-likeness (QED) is 0.353. The van der Waals surface area contributed by atoms with Gasteiger partial charge in [-0.25, -0.2) is 13.6 Å². The number of aliphatic hydroxyl groups excluding tert-OH is 1. The Labute approximate surface area is 259 Å². The van der Waals surface area contributed by atoms with Crippen molar-refractivity contribution < 1.29 is 51.7 Å². The van der Waals surface area contributed by atoms with E-state index >= 15 is 8.78 Å². The van der Waals surface area contributed by atoms with Gasteiger partial charge < -0.3 is 24.3 Å². The molecule has 46 heavy (non-hydrogen) atoms. The van der Waals surface area contributed by atoms with Crippen LogP contribution in [0.3, 0.4) is 0 Å². The summed E-state index contributed by atoms with van der Waals surface area (Å²) in [5.74, 6) is -8.70. The zero-order valence-electron chi connectivity index (χ0n) is 25.4. The molecule has 1 aromatic rings. The normalized spacial score (nSPS) is 40.3. The second-order valence-electron chi connectivity index (χ2n) is 13.7. The molecule has 6 rings (SSSR count). The Hall–Kier alpha value is -3.69. The topological polar surface area (TPSA) is 171 Å². The molecule has 4 fully saturated rings. The molecule has 0 spiro atoms. The predicted octanol–water partition coefficient (Wildman–Crippen LogP) is 1.64. The highest BCUT2D eigenvalue weighted by atomic mass is 19.1. The third-order valence-corrected chi connectivity index (χ3v) is 10.9. The van der Waals surface area contributed by atoms with E-state index in [-0.39, 0.29) is 29.4 Å². The highest BCUT2D eigenvalue weighted by Gasteiger charge is 2.80. The summed E-state index contributed by atoms with van der Waals surface area (Å²) in [6.45, 7) is 5.21. The predicted molar refractivity (Wildman–Crippen MR) is 149 cm³/mol. The molecule has 2 N–H and O–H groups in total. The van der Waals surface area contributed by atoms with Gasteiger partial charge in [0.15, 0.2) is 29.4 Å². The second kappa shape index (κ2) is 10.2. The number of alkyl halides is 2. The van der Waals surface area contributed by atoms with Crippen LogP contribution in [0.4, 0.5) is 13.2 Å². The number of esters is 1. The summed E-state index contributed by atoms with van der Waals surface area (Å²) in [7, 11) is 0. The van der Waals surface area contributed by atoms with Gasteiger partial charge in [-0.3, -0.25) is 24.0 Å². The molecular weight excluding hydrogens is 617 g/mol. The molecular formula is C31H33F3N2O10. The highest BCUT2D eigenvalue weighted by Crippen LogP contribution is 2.72. The number of hydrogen-bond acceptors (Lipinski definition) is 10. The first-order chi connectivity index (χ1) is 21.3. The Morgan fingerprint density at radius 3 is 2.52 bits per heavy atom. The van der Waals surface area contributed by atoms with E-state index in [0.717, 1.165) is 12.2 Å². The molecule has 0 radical (unpaired) electrons. The Balaban J connectivity index is 1.29. The third-order valence-electron chi connectivity index (χ3n) is 10.9. The summed E-state index contributed by atoms with van der Waals surface area (Å²) in [5, 5.41) is 11.6. The van der Waals surface area contributed by atoms with Gasteiger partial charge in [0.2, 0.25) is 17.5 Å². The maximum Gasteiger partial charge on any atom is 0.335 e. The van der Waals surface area contributed by atoms with Crippen molar-refractivity contribution in [2.45, 2.75) is 88.8 Å². The first-order valence-electron chi connectivity index (χ1n) is 14.9. The molecule has 4 aliphatic carbocycles. The number of carbonyl (C=O) groups is 4. The maximum absolute atomic E-state index is 17.5. The van der Waals surface area contributed by atoms with Crippen LogP contribution in [0.1, 0.15) is 58.2 Å². The molecule has 0 bridgehead atoms. The smallest absolute Gasteiger partial charge is 0.335 e. The van der Waals surface area contributed by atoms with Crippen LogP contribution in [-0.2, 0) is 28.6 Å². The summed E-state index contributed by atoms with van der Waals surface area (Å²) in [5.41, 5.74) is -10.2. The van der Waals surface area contributed by atoms with Crippen molar-refractivity contribution >= 4 is 23.4 Å². The average molecular weight is 651 g/mol. The van der Waals surface area contributed by atoms with E-state index in [2.05, 4.69) is 0 Å². The summed E-state index contributed by atoms with van der Waals surface area (Å²) in [4.78, 5) is 76.9. The summed E-state index contributed by atoms with van der Waals surface area (Å²) < 4.78 is 64.3. The lowest BCUT2D eigenvalue weighted by atomic mass is 9.44. The number of H-pyrrole nitrogens is 1.